The standard InChI is InChI=1S/C14H16N4O4S/c1-14(7-2-3-11(6-8-14)23(20,21)22)17-13(19)10-4-5-12(18-15)16-9-10/h2-9H,15H2,1H3,(H,16,18)(H,17,19)(H,20,21,22). The SMILES string of the molecule is CC1(NC(=O)c2ccc(NN)nc2)C=CC=C(S(=O)(=O)O)C=C1. The number of hydrazine groups is 1. The van der Waals surface area contributed by atoms with Gasteiger partial charge in [0, 0.05) is 6.20 Å². The Morgan fingerprint density at radius 1 is 1.35 bits per heavy atom. The fourth-order valence-corrected chi connectivity index (χ4v) is 2.39. The van der Waals surface area contributed by atoms with Crippen LogP contribution in [0.25, 0.3) is 0 Å². The van der Waals surface area contributed by atoms with Crippen LogP contribution in [-0.4, -0.2) is 29.4 Å². The number of nitrogens with zero attached hydrogens (tertiary/aromatic N) is 1. The van der Waals surface area contributed by atoms with Gasteiger partial charge < -0.3 is 10.7 Å². The molecule has 1 unspecified atom stereocenters. The summed E-state index contributed by atoms with van der Waals surface area (Å²) in [6.07, 6.45) is 8.35. The first-order valence-corrected chi connectivity index (χ1v) is 7.99. The molecule has 0 aromatic carbocycles. The number of pyridine rings is 1. The van der Waals surface area contributed by atoms with Crippen molar-refractivity contribution in [2.24, 2.45) is 5.84 Å². The van der Waals surface area contributed by atoms with E-state index >= 15 is 0 Å². The van der Waals surface area contributed by atoms with Crippen molar-refractivity contribution in [2.45, 2.75) is 12.5 Å². The summed E-state index contributed by atoms with van der Waals surface area (Å²) in [6, 6.07) is 3.10. The molecule has 2 rings (SSSR count). The molecule has 1 aromatic rings. The highest BCUT2D eigenvalue weighted by Crippen LogP contribution is 2.18. The van der Waals surface area contributed by atoms with Crippen molar-refractivity contribution in [3.8, 4) is 0 Å². The number of carbonyl (C=O) groups is 1. The minimum absolute atomic E-state index is 0.258. The van der Waals surface area contributed by atoms with Crippen LogP contribution in [-0.2, 0) is 10.1 Å². The van der Waals surface area contributed by atoms with Gasteiger partial charge in [0.25, 0.3) is 16.0 Å². The van der Waals surface area contributed by atoms with Crippen molar-refractivity contribution in [3.05, 3.63) is 59.2 Å². The van der Waals surface area contributed by atoms with Crippen molar-refractivity contribution in [1.82, 2.24) is 10.3 Å². The molecular formula is C14H16N4O4S. The van der Waals surface area contributed by atoms with E-state index < -0.39 is 21.6 Å². The number of aromatic nitrogens is 1. The summed E-state index contributed by atoms with van der Waals surface area (Å²) in [6.45, 7) is 1.68. The van der Waals surface area contributed by atoms with Crippen LogP contribution in [0.1, 0.15) is 17.3 Å². The summed E-state index contributed by atoms with van der Waals surface area (Å²) in [7, 11) is -4.31. The van der Waals surface area contributed by atoms with Gasteiger partial charge in [0.15, 0.2) is 0 Å². The number of nitrogens with two attached hydrogens (primary N) is 1. The van der Waals surface area contributed by atoms with E-state index in [4.69, 9.17) is 10.4 Å². The van der Waals surface area contributed by atoms with E-state index in [1.165, 1.54) is 30.5 Å². The lowest BCUT2D eigenvalue weighted by Gasteiger charge is -2.23. The van der Waals surface area contributed by atoms with Gasteiger partial charge in [-0.05, 0) is 31.2 Å². The largest absolute Gasteiger partial charge is 0.340 e. The minimum atomic E-state index is -4.31. The fourth-order valence-electron chi connectivity index (χ4n) is 1.89. The quantitative estimate of drug-likeness (QED) is 0.362. The number of rotatable bonds is 4. The van der Waals surface area contributed by atoms with Crippen LogP contribution in [0.15, 0.2) is 53.6 Å². The van der Waals surface area contributed by atoms with Gasteiger partial charge in [-0.1, -0.05) is 18.2 Å². The molecule has 0 bridgehead atoms. The van der Waals surface area contributed by atoms with E-state index in [0.29, 0.717) is 11.4 Å². The van der Waals surface area contributed by atoms with Gasteiger partial charge in [0.2, 0.25) is 0 Å². The van der Waals surface area contributed by atoms with E-state index in [9.17, 15) is 13.2 Å². The van der Waals surface area contributed by atoms with Crippen LogP contribution in [0.3, 0.4) is 0 Å². The summed E-state index contributed by atoms with van der Waals surface area (Å²) in [4.78, 5) is 15.9. The van der Waals surface area contributed by atoms with Crippen LogP contribution in [0.5, 0.6) is 0 Å². The summed E-state index contributed by atoms with van der Waals surface area (Å²) >= 11 is 0. The average Bonchev–Trinajstić information content (AvgIpc) is 2.69. The molecule has 0 aliphatic heterocycles. The molecule has 9 heteroatoms. The predicted octanol–water partition coefficient (Wildman–Crippen LogP) is 0.753. The Morgan fingerprint density at radius 3 is 2.65 bits per heavy atom. The molecule has 1 aromatic heterocycles. The number of allylic oxidation sites excluding steroid dienone is 3. The molecule has 0 saturated carbocycles. The maximum atomic E-state index is 12.3. The van der Waals surface area contributed by atoms with Gasteiger partial charge in [-0.25, -0.2) is 10.8 Å². The van der Waals surface area contributed by atoms with Crippen molar-refractivity contribution in [2.75, 3.05) is 5.43 Å². The van der Waals surface area contributed by atoms with Crippen LogP contribution in [0.2, 0.25) is 0 Å². The molecule has 1 aliphatic carbocycles. The summed E-state index contributed by atoms with van der Waals surface area (Å²) in [5, 5.41) is 2.75. The predicted molar refractivity (Wildman–Crippen MR) is 85.8 cm³/mol. The van der Waals surface area contributed by atoms with Crippen LogP contribution < -0.4 is 16.6 Å². The zero-order valence-corrected chi connectivity index (χ0v) is 13.0. The Balaban J connectivity index is 2.17. The molecule has 0 radical (unpaired) electrons. The number of hydrogen-bond acceptors (Lipinski definition) is 6. The molecule has 1 atom stereocenters. The molecule has 1 heterocycles. The van der Waals surface area contributed by atoms with Gasteiger partial charge in [-0.3, -0.25) is 9.35 Å². The Morgan fingerprint density at radius 2 is 2.09 bits per heavy atom. The lowest BCUT2D eigenvalue weighted by atomic mass is 10.0. The molecule has 1 aliphatic rings. The fraction of sp³-hybridized carbons (Fsp3) is 0.143. The number of nitrogens with one attached hydrogen (secondary N) is 2. The van der Waals surface area contributed by atoms with E-state index in [-0.39, 0.29) is 4.91 Å². The maximum Gasteiger partial charge on any atom is 0.294 e. The molecular weight excluding hydrogens is 320 g/mol. The van der Waals surface area contributed by atoms with E-state index in [0.717, 1.165) is 0 Å². The monoisotopic (exact) mass is 336 g/mol. The van der Waals surface area contributed by atoms with E-state index in [1.807, 2.05) is 0 Å². The third-order valence-corrected chi connectivity index (χ3v) is 4.02. The highest BCUT2D eigenvalue weighted by molar-refractivity contribution is 7.90. The Kier molecular flexibility index (Phi) is 4.64. The van der Waals surface area contributed by atoms with Crippen molar-refractivity contribution in [1.29, 1.82) is 0 Å². The van der Waals surface area contributed by atoms with E-state index in [1.54, 1.807) is 25.1 Å². The average molecular weight is 336 g/mol. The number of anilines is 1. The summed E-state index contributed by atoms with van der Waals surface area (Å²) in [5.74, 6) is 5.23. The first kappa shape index (κ1) is 16.9. The molecule has 8 nitrogen and oxygen atoms in total. The van der Waals surface area contributed by atoms with Crippen LogP contribution in [0, 0.1) is 0 Å². The number of hydrogen-bond donors (Lipinski definition) is 4. The zero-order valence-electron chi connectivity index (χ0n) is 12.2. The summed E-state index contributed by atoms with van der Waals surface area (Å²) < 4.78 is 31.3. The number of amides is 1. The molecule has 1 amide bonds. The Labute approximate surface area is 133 Å². The van der Waals surface area contributed by atoms with Crippen molar-refractivity contribution < 1.29 is 17.8 Å². The second-order valence-corrected chi connectivity index (χ2v) is 6.47. The number of carbonyl (C=O) groups excluding carboxylic acids is 1. The molecule has 122 valence electrons. The lowest BCUT2D eigenvalue weighted by Crippen LogP contribution is -2.42. The van der Waals surface area contributed by atoms with Gasteiger partial charge >= 0.3 is 0 Å². The minimum Gasteiger partial charge on any atom is -0.340 e. The van der Waals surface area contributed by atoms with Crippen molar-refractivity contribution >= 4 is 21.8 Å². The first-order valence-electron chi connectivity index (χ1n) is 6.55. The molecule has 0 fully saturated rings. The first-order chi connectivity index (χ1) is 10.7. The lowest BCUT2D eigenvalue weighted by molar-refractivity contribution is 0.0933. The Hall–Kier alpha value is -2.49. The molecule has 23 heavy (non-hydrogen) atoms. The van der Waals surface area contributed by atoms with Crippen LogP contribution in [0.4, 0.5) is 5.82 Å². The second kappa shape index (κ2) is 6.32. The third-order valence-electron chi connectivity index (χ3n) is 3.15. The zero-order chi connectivity index (χ0) is 17.1. The van der Waals surface area contributed by atoms with Crippen molar-refractivity contribution in [3.63, 3.8) is 0 Å². The number of nitrogen functional groups attached to an aromatic ring is 1. The Bertz CT molecular complexity index is 797. The van der Waals surface area contributed by atoms with E-state index in [2.05, 4.69) is 15.7 Å². The van der Waals surface area contributed by atoms with Gasteiger partial charge in [-0.15, -0.1) is 0 Å². The smallest absolute Gasteiger partial charge is 0.294 e. The second-order valence-electron chi connectivity index (χ2n) is 5.05. The maximum absolute atomic E-state index is 12.3. The van der Waals surface area contributed by atoms with Gasteiger partial charge in [-0.2, -0.15) is 8.42 Å². The molecule has 0 saturated heterocycles. The molecule has 0 spiro atoms. The normalized spacial score (nSPS) is 20.6. The summed E-state index contributed by atoms with van der Waals surface area (Å²) in [5.41, 5.74) is 1.75. The van der Waals surface area contributed by atoms with Gasteiger partial charge in [0.1, 0.15) is 5.82 Å². The molecule has 5 N–H and O–H groups in total. The van der Waals surface area contributed by atoms with Gasteiger partial charge in [0.05, 0.1) is 16.0 Å². The van der Waals surface area contributed by atoms with Crippen LogP contribution >= 0.6 is 0 Å². The highest BCUT2D eigenvalue weighted by Gasteiger charge is 2.23. The topological polar surface area (TPSA) is 134 Å². The third kappa shape index (κ3) is 4.25. The highest BCUT2D eigenvalue weighted by atomic mass is 32.2.